The highest BCUT2D eigenvalue weighted by molar-refractivity contribution is 5.76. The molecule has 1 saturated heterocycles. The van der Waals surface area contributed by atoms with Crippen LogP contribution in [0.25, 0.3) is 0 Å². The fourth-order valence-electron chi connectivity index (χ4n) is 5.39. The van der Waals surface area contributed by atoms with E-state index in [4.69, 9.17) is 24.4 Å². The Bertz CT molecular complexity index is 1060. The largest absolute Gasteiger partial charge is 0.483 e. The van der Waals surface area contributed by atoms with Gasteiger partial charge in [-0.2, -0.15) is 0 Å². The molecule has 214 valence electrons. The summed E-state index contributed by atoms with van der Waals surface area (Å²) in [5.41, 5.74) is 4.21. The molecule has 3 heterocycles. The van der Waals surface area contributed by atoms with Gasteiger partial charge in [-0.05, 0) is 82.1 Å². The zero-order valence-electron chi connectivity index (χ0n) is 23.3. The van der Waals surface area contributed by atoms with Crippen molar-refractivity contribution in [2.75, 3.05) is 31.6 Å². The Morgan fingerprint density at radius 2 is 1.92 bits per heavy atom. The molecule has 3 N–H and O–H groups in total. The third-order valence-corrected chi connectivity index (χ3v) is 7.11. The van der Waals surface area contributed by atoms with E-state index in [-0.39, 0.29) is 24.8 Å². The van der Waals surface area contributed by atoms with Gasteiger partial charge in [0.05, 0.1) is 18.3 Å². The molecule has 2 aliphatic rings. The number of nitrogens with one attached hydrogen (secondary N) is 1. The first-order valence-electron chi connectivity index (χ1n) is 14.0. The summed E-state index contributed by atoms with van der Waals surface area (Å²) < 4.78 is 12.1. The number of aromatic nitrogens is 1. The van der Waals surface area contributed by atoms with E-state index in [0.717, 1.165) is 61.3 Å². The number of carboxylic acid groups (broad SMARTS) is 2. The molecule has 0 amide bonds. The van der Waals surface area contributed by atoms with Crippen LogP contribution in [0.1, 0.15) is 81.0 Å². The predicted molar refractivity (Wildman–Crippen MR) is 150 cm³/mol. The molecule has 0 bridgehead atoms. The lowest BCUT2D eigenvalue weighted by Crippen LogP contribution is -2.34. The average molecular weight is 542 g/mol. The molecule has 3 atom stereocenters. The molecule has 2 aliphatic heterocycles. The molecule has 39 heavy (non-hydrogen) atoms. The molecule has 2 aromatic rings. The fraction of sp³-hybridized carbons (Fsp3) is 0.567. The first kappa shape index (κ1) is 30.5. The summed E-state index contributed by atoms with van der Waals surface area (Å²) in [6, 6.07) is 11.4. The van der Waals surface area contributed by atoms with E-state index in [0.29, 0.717) is 19.7 Å². The summed E-state index contributed by atoms with van der Waals surface area (Å²) in [5, 5.41) is 20.4. The Kier molecular flexibility index (Phi) is 12.2. The Morgan fingerprint density at radius 3 is 2.64 bits per heavy atom. The van der Waals surface area contributed by atoms with Crippen LogP contribution in [0.2, 0.25) is 0 Å². The highest BCUT2D eigenvalue weighted by Crippen LogP contribution is 2.33. The van der Waals surface area contributed by atoms with Crippen LogP contribution in [0.5, 0.6) is 0 Å². The van der Waals surface area contributed by atoms with Crippen molar-refractivity contribution in [1.29, 1.82) is 0 Å². The topological polar surface area (TPSA) is 121 Å². The lowest BCUT2D eigenvalue weighted by molar-refractivity contribution is -0.143. The number of hydrogen-bond acceptors (Lipinski definition) is 7. The van der Waals surface area contributed by atoms with E-state index in [2.05, 4.69) is 17.4 Å². The molecule has 1 unspecified atom stereocenters. The van der Waals surface area contributed by atoms with E-state index >= 15 is 0 Å². The highest BCUT2D eigenvalue weighted by Gasteiger charge is 2.35. The number of ether oxygens (including phenoxy) is 2. The summed E-state index contributed by atoms with van der Waals surface area (Å²) >= 11 is 0. The number of unbranched alkanes of at least 4 members (excludes halogenated alkanes) is 1. The summed E-state index contributed by atoms with van der Waals surface area (Å²) in [7, 11) is 0. The number of carboxylic acids is 1. The number of likely N-dealkylation sites (tertiary alicyclic amines) is 1. The molecule has 1 aromatic carbocycles. The molecule has 0 saturated carbocycles. The van der Waals surface area contributed by atoms with Crippen LogP contribution in [0.15, 0.2) is 36.4 Å². The molecule has 1 fully saturated rings. The van der Waals surface area contributed by atoms with Crippen LogP contribution in [-0.2, 0) is 31.9 Å². The minimum Gasteiger partial charge on any atom is -0.483 e. The number of aryl methyl sites for hydroxylation is 2. The second kappa shape index (κ2) is 15.5. The molecular formula is C30H43N3O6. The zero-order valence-corrected chi connectivity index (χ0v) is 23.3. The van der Waals surface area contributed by atoms with Gasteiger partial charge in [-0.1, -0.05) is 30.3 Å². The predicted octanol–water partition coefficient (Wildman–Crippen LogP) is 4.87. The summed E-state index contributed by atoms with van der Waals surface area (Å²) in [5.74, 6) is 0.229. The molecule has 0 spiro atoms. The van der Waals surface area contributed by atoms with Crippen LogP contribution >= 0.6 is 0 Å². The van der Waals surface area contributed by atoms with Crippen LogP contribution in [-0.4, -0.2) is 71.0 Å². The minimum absolute atomic E-state index is 0.0643. The van der Waals surface area contributed by atoms with Crippen molar-refractivity contribution in [3.05, 3.63) is 58.8 Å². The smallest absolute Gasteiger partial charge is 0.325 e. The maximum absolute atomic E-state index is 12.4. The van der Waals surface area contributed by atoms with Gasteiger partial charge >= 0.3 is 5.97 Å². The third-order valence-electron chi connectivity index (χ3n) is 7.11. The average Bonchev–Trinajstić information content (AvgIpc) is 3.37. The number of nitrogens with zero attached hydrogens (tertiary/aromatic N) is 2. The van der Waals surface area contributed by atoms with Crippen LogP contribution < -0.4 is 5.32 Å². The number of anilines is 1. The lowest BCUT2D eigenvalue weighted by atomic mass is 9.96. The lowest BCUT2D eigenvalue weighted by Gasteiger charge is -2.28. The second-order valence-electron chi connectivity index (χ2n) is 10.4. The number of pyridine rings is 1. The Balaban J connectivity index is 0.00000134. The number of rotatable bonds is 12. The number of benzene rings is 1. The van der Waals surface area contributed by atoms with Gasteiger partial charge in [0.1, 0.15) is 11.9 Å². The van der Waals surface area contributed by atoms with Gasteiger partial charge in [0, 0.05) is 31.9 Å². The molecule has 0 aliphatic carbocycles. The van der Waals surface area contributed by atoms with Crippen molar-refractivity contribution >= 4 is 18.3 Å². The Hall–Kier alpha value is -3.01. The standard InChI is InChI=1S/C29H41N3O4.CH2O2/c1-20(2)36-21(3)25-11-4-5-12-26(25)27(29(33)34)32-17-15-24(19-32)35-18-7-6-10-23-14-13-22-9-8-16-30-28(22)31-23;2-1-3/h4-5,11-14,20-21,24,27H,6-10,15-19H2,1-3H3,(H,30,31)(H,33,34);1H,(H,2,3)/t21-,24-,27?;/m1./s1. The first-order chi connectivity index (χ1) is 18.8. The third kappa shape index (κ3) is 9.02. The first-order valence-corrected chi connectivity index (χ1v) is 14.0. The molecule has 9 nitrogen and oxygen atoms in total. The van der Waals surface area contributed by atoms with Crippen molar-refractivity contribution < 1.29 is 29.3 Å². The second-order valence-corrected chi connectivity index (χ2v) is 10.4. The molecular weight excluding hydrogens is 498 g/mol. The SMILES string of the molecule is CC(C)O[C@H](C)c1ccccc1C(C(=O)O)N1CC[C@@H](OCCCCc2ccc3c(n2)NCCC3)C1.O=CO. The molecule has 9 heteroatoms. The van der Waals surface area contributed by atoms with E-state index < -0.39 is 12.0 Å². The van der Waals surface area contributed by atoms with Gasteiger partial charge in [-0.25, -0.2) is 4.98 Å². The maximum atomic E-state index is 12.4. The van der Waals surface area contributed by atoms with Gasteiger partial charge in [0.25, 0.3) is 6.47 Å². The van der Waals surface area contributed by atoms with E-state index in [1.807, 2.05) is 49.9 Å². The molecule has 4 rings (SSSR count). The summed E-state index contributed by atoms with van der Waals surface area (Å²) in [6.45, 7) is 8.77. The number of fused-ring (bicyclic) bond motifs is 1. The number of aliphatic carboxylic acids is 1. The Morgan fingerprint density at radius 1 is 1.18 bits per heavy atom. The van der Waals surface area contributed by atoms with Crippen molar-refractivity contribution in [2.24, 2.45) is 0 Å². The van der Waals surface area contributed by atoms with E-state index in [1.54, 1.807) is 0 Å². The molecule has 0 radical (unpaired) electrons. The quantitative estimate of drug-likeness (QED) is 0.255. The summed E-state index contributed by atoms with van der Waals surface area (Å²) in [6.07, 6.45) is 6.05. The number of hydrogen-bond donors (Lipinski definition) is 3. The summed E-state index contributed by atoms with van der Waals surface area (Å²) in [4.78, 5) is 27.6. The van der Waals surface area contributed by atoms with Crippen LogP contribution in [0.3, 0.4) is 0 Å². The van der Waals surface area contributed by atoms with Crippen molar-refractivity contribution in [3.63, 3.8) is 0 Å². The monoisotopic (exact) mass is 541 g/mol. The molecule has 1 aromatic heterocycles. The van der Waals surface area contributed by atoms with Gasteiger partial charge < -0.3 is 25.0 Å². The fourth-order valence-corrected chi connectivity index (χ4v) is 5.39. The number of carbonyl (C=O) groups is 2. The normalized spacial score (nSPS) is 18.4. The van der Waals surface area contributed by atoms with Crippen LogP contribution in [0.4, 0.5) is 5.82 Å². The van der Waals surface area contributed by atoms with Gasteiger partial charge in [-0.15, -0.1) is 0 Å². The van der Waals surface area contributed by atoms with E-state index in [9.17, 15) is 9.90 Å². The van der Waals surface area contributed by atoms with Crippen molar-refractivity contribution in [3.8, 4) is 0 Å². The van der Waals surface area contributed by atoms with Gasteiger partial charge in [0.15, 0.2) is 0 Å². The highest BCUT2D eigenvalue weighted by atomic mass is 16.5. The minimum atomic E-state index is -0.827. The van der Waals surface area contributed by atoms with Crippen LogP contribution in [0, 0.1) is 0 Å². The maximum Gasteiger partial charge on any atom is 0.325 e. The van der Waals surface area contributed by atoms with Crippen molar-refractivity contribution in [1.82, 2.24) is 9.88 Å². The van der Waals surface area contributed by atoms with E-state index in [1.165, 1.54) is 12.0 Å². The Labute approximate surface area is 231 Å². The van der Waals surface area contributed by atoms with Gasteiger partial charge in [0.2, 0.25) is 0 Å². The zero-order chi connectivity index (χ0) is 28.2. The van der Waals surface area contributed by atoms with Crippen molar-refractivity contribution in [2.45, 2.75) is 83.6 Å². The van der Waals surface area contributed by atoms with Gasteiger partial charge in [-0.3, -0.25) is 14.5 Å².